The Morgan fingerprint density at radius 2 is 1.42 bits per heavy atom. The van der Waals surface area contributed by atoms with Crippen LogP contribution in [0.4, 0.5) is 17.1 Å². The van der Waals surface area contributed by atoms with Gasteiger partial charge >= 0.3 is 0 Å². The summed E-state index contributed by atoms with van der Waals surface area (Å²) in [5.41, 5.74) is 6.30. The second-order valence-corrected chi connectivity index (χ2v) is 9.18. The van der Waals surface area contributed by atoms with Crippen LogP contribution in [0.1, 0.15) is 30.5 Å². The molecule has 168 valence electrons. The van der Waals surface area contributed by atoms with Gasteiger partial charge in [0, 0.05) is 19.8 Å². The number of amidine groups is 1. The standard InChI is InChI=1S/C28H29N3OS/c1-5-20-7-13-23(14-8-20)29-28-31(25-17-9-21(6-2)10-18-25)27(32)26(33-28)19-22-11-15-24(16-12-22)30(3)4/h7-19H,5-6H2,1-4H3/b26-19-,29-28?. The second kappa shape index (κ2) is 10.1. The number of anilines is 2. The van der Waals surface area contributed by atoms with Gasteiger partial charge in [-0.1, -0.05) is 50.2 Å². The molecule has 3 aromatic carbocycles. The first-order chi connectivity index (χ1) is 16.0. The highest BCUT2D eigenvalue weighted by Crippen LogP contribution is 2.37. The molecular weight excluding hydrogens is 426 g/mol. The van der Waals surface area contributed by atoms with E-state index in [-0.39, 0.29) is 5.91 Å². The van der Waals surface area contributed by atoms with Crippen molar-refractivity contribution in [3.8, 4) is 0 Å². The van der Waals surface area contributed by atoms with Gasteiger partial charge in [-0.25, -0.2) is 4.99 Å². The molecule has 4 rings (SSSR count). The largest absolute Gasteiger partial charge is 0.378 e. The minimum atomic E-state index is -0.0511. The van der Waals surface area contributed by atoms with Crippen molar-refractivity contribution in [3.63, 3.8) is 0 Å². The van der Waals surface area contributed by atoms with Crippen LogP contribution in [0.2, 0.25) is 0 Å². The van der Waals surface area contributed by atoms with E-state index in [2.05, 4.69) is 55.1 Å². The number of amides is 1. The molecule has 0 bridgehead atoms. The van der Waals surface area contributed by atoms with Crippen molar-refractivity contribution >= 4 is 46.0 Å². The number of benzene rings is 3. The molecule has 33 heavy (non-hydrogen) atoms. The van der Waals surface area contributed by atoms with Gasteiger partial charge in [0.25, 0.3) is 5.91 Å². The molecule has 1 fully saturated rings. The van der Waals surface area contributed by atoms with Gasteiger partial charge < -0.3 is 4.90 Å². The Kier molecular flexibility index (Phi) is 6.99. The summed E-state index contributed by atoms with van der Waals surface area (Å²) in [5, 5.41) is 0.671. The van der Waals surface area contributed by atoms with Crippen LogP contribution in [0.25, 0.3) is 6.08 Å². The summed E-state index contributed by atoms with van der Waals surface area (Å²) in [7, 11) is 4.03. The molecule has 0 N–H and O–H groups in total. The summed E-state index contributed by atoms with van der Waals surface area (Å²) >= 11 is 1.42. The lowest BCUT2D eigenvalue weighted by atomic mass is 10.1. The van der Waals surface area contributed by atoms with E-state index >= 15 is 0 Å². The zero-order valence-electron chi connectivity index (χ0n) is 19.6. The summed E-state index contributed by atoms with van der Waals surface area (Å²) in [6.07, 6.45) is 3.89. The van der Waals surface area contributed by atoms with Crippen molar-refractivity contribution < 1.29 is 4.79 Å². The number of carbonyl (C=O) groups excluding carboxylic acids is 1. The highest BCUT2D eigenvalue weighted by Gasteiger charge is 2.34. The van der Waals surface area contributed by atoms with Crippen molar-refractivity contribution in [1.29, 1.82) is 0 Å². The molecule has 4 nitrogen and oxygen atoms in total. The summed E-state index contributed by atoms with van der Waals surface area (Å²) in [4.78, 5) is 22.8. The highest BCUT2D eigenvalue weighted by atomic mass is 32.2. The Morgan fingerprint density at radius 3 is 1.97 bits per heavy atom. The van der Waals surface area contributed by atoms with Gasteiger partial charge in [0.05, 0.1) is 16.3 Å². The van der Waals surface area contributed by atoms with Gasteiger partial charge in [0.1, 0.15) is 0 Å². The minimum Gasteiger partial charge on any atom is -0.378 e. The number of thioether (sulfide) groups is 1. The van der Waals surface area contributed by atoms with Crippen LogP contribution in [0.5, 0.6) is 0 Å². The predicted molar refractivity (Wildman–Crippen MR) is 143 cm³/mol. The monoisotopic (exact) mass is 455 g/mol. The zero-order chi connectivity index (χ0) is 23.4. The smallest absolute Gasteiger partial charge is 0.271 e. The zero-order valence-corrected chi connectivity index (χ0v) is 20.4. The molecule has 3 aromatic rings. The highest BCUT2D eigenvalue weighted by molar-refractivity contribution is 8.19. The van der Waals surface area contributed by atoms with Crippen molar-refractivity contribution in [2.24, 2.45) is 4.99 Å². The molecule has 1 heterocycles. The Labute approximate surface area is 200 Å². The van der Waals surface area contributed by atoms with Crippen LogP contribution in [0.3, 0.4) is 0 Å². The molecule has 0 radical (unpaired) electrons. The van der Waals surface area contributed by atoms with Crippen LogP contribution in [-0.4, -0.2) is 25.2 Å². The third-order valence-corrected chi connectivity index (χ3v) is 6.65. The van der Waals surface area contributed by atoms with E-state index in [1.807, 2.05) is 56.6 Å². The number of aliphatic imine (C=N–C) groups is 1. The summed E-state index contributed by atoms with van der Waals surface area (Å²) < 4.78 is 0. The molecular formula is C28H29N3OS. The molecule has 0 saturated carbocycles. The van der Waals surface area contributed by atoms with E-state index in [4.69, 9.17) is 4.99 Å². The van der Waals surface area contributed by atoms with E-state index in [1.54, 1.807) is 4.90 Å². The maximum absolute atomic E-state index is 13.5. The molecule has 1 amide bonds. The summed E-state index contributed by atoms with van der Waals surface area (Å²) in [6.45, 7) is 4.26. The fourth-order valence-electron chi connectivity index (χ4n) is 3.59. The van der Waals surface area contributed by atoms with Crippen molar-refractivity contribution in [1.82, 2.24) is 0 Å². The van der Waals surface area contributed by atoms with Crippen molar-refractivity contribution in [2.45, 2.75) is 26.7 Å². The van der Waals surface area contributed by atoms with Crippen LogP contribution in [-0.2, 0) is 17.6 Å². The Balaban J connectivity index is 1.71. The van der Waals surface area contributed by atoms with E-state index < -0.39 is 0 Å². The van der Waals surface area contributed by atoms with Gasteiger partial charge in [0.2, 0.25) is 0 Å². The first-order valence-electron chi connectivity index (χ1n) is 11.3. The van der Waals surface area contributed by atoms with Crippen molar-refractivity contribution in [3.05, 3.63) is 94.4 Å². The Bertz CT molecular complexity index is 1180. The number of hydrogen-bond donors (Lipinski definition) is 0. The van der Waals surface area contributed by atoms with Gasteiger partial charge in [0.15, 0.2) is 5.17 Å². The number of rotatable bonds is 6. The summed E-state index contributed by atoms with van der Waals surface area (Å²) in [6, 6.07) is 24.5. The molecule has 0 aliphatic carbocycles. The maximum Gasteiger partial charge on any atom is 0.271 e. The molecule has 0 atom stereocenters. The summed E-state index contributed by atoms with van der Waals surface area (Å²) in [5.74, 6) is -0.0511. The first kappa shape index (κ1) is 22.9. The average Bonchev–Trinajstić information content (AvgIpc) is 3.14. The Hall–Kier alpha value is -3.31. The first-order valence-corrected chi connectivity index (χ1v) is 12.1. The normalized spacial score (nSPS) is 16.1. The van der Waals surface area contributed by atoms with Gasteiger partial charge in [-0.3, -0.25) is 9.69 Å². The Morgan fingerprint density at radius 1 is 0.848 bits per heavy atom. The van der Waals surface area contributed by atoms with Gasteiger partial charge in [-0.05, 0) is 83.8 Å². The third kappa shape index (κ3) is 5.20. The van der Waals surface area contributed by atoms with E-state index in [0.717, 1.165) is 35.5 Å². The quantitative estimate of drug-likeness (QED) is 0.389. The third-order valence-electron chi connectivity index (χ3n) is 5.69. The van der Waals surface area contributed by atoms with E-state index in [9.17, 15) is 4.79 Å². The van der Waals surface area contributed by atoms with Crippen LogP contribution < -0.4 is 9.80 Å². The van der Waals surface area contributed by atoms with Gasteiger partial charge in [-0.15, -0.1) is 0 Å². The molecule has 0 spiro atoms. The molecule has 1 saturated heterocycles. The van der Waals surface area contributed by atoms with Crippen molar-refractivity contribution in [2.75, 3.05) is 23.9 Å². The SMILES string of the molecule is CCc1ccc(N=C2S/C(=C\c3ccc(N(C)C)cc3)C(=O)N2c2ccc(CC)cc2)cc1. The number of nitrogens with zero attached hydrogens (tertiary/aromatic N) is 3. The predicted octanol–water partition coefficient (Wildman–Crippen LogP) is 6.69. The number of aryl methyl sites for hydroxylation is 2. The molecule has 1 aliphatic rings. The fourth-order valence-corrected chi connectivity index (χ4v) is 4.59. The lowest BCUT2D eigenvalue weighted by Crippen LogP contribution is -2.28. The second-order valence-electron chi connectivity index (χ2n) is 8.17. The van der Waals surface area contributed by atoms with Gasteiger partial charge in [-0.2, -0.15) is 0 Å². The van der Waals surface area contributed by atoms with E-state index in [0.29, 0.717) is 10.1 Å². The van der Waals surface area contributed by atoms with Crippen LogP contribution in [0, 0.1) is 0 Å². The molecule has 0 unspecified atom stereocenters. The average molecular weight is 456 g/mol. The number of hydrogen-bond acceptors (Lipinski definition) is 4. The maximum atomic E-state index is 13.5. The molecule has 1 aliphatic heterocycles. The van der Waals surface area contributed by atoms with E-state index in [1.165, 1.54) is 22.9 Å². The fraction of sp³-hybridized carbons (Fsp3) is 0.214. The lowest BCUT2D eigenvalue weighted by Gasteiger charge is -2.16. The van der Waals surface area contributed by atoms with Crippen LogP contribution in [0.15, 0.2) is 82.7 Å². The number of carbonyl (C=O) groups is 1. The molecule has 0 aromatic heterocycles. The van der Waals surface area contributed by atoms with Crippen LogP contribution >= 0.6 is 11.8 Å². The topological polar surface area (TPSA) is 35.9 Å². The minimum absolute atomic E-state index is 0.0511. The lowest BCUT2D eigenvalue weighted by molar-refractivity contribution is -0.113. The molecule has 5 heteroatoms.